The number of amides is 3. The molecule has 0 aliphatic carbocycles. The first-order chi connectivity index (χ1) is 20.0. The van der Waals surface area contributed by atoms with Crippen LogP contribution in [0.4, 0.5) is 15.4 Å². The van der Waals surface area contributed by atoms with Gasteiger partial charge in [0, 0.05) is 44.3 Å². The molecule has 8 nitrogen and oxygen atoms in total. The van der Waals surface area contributed by atoms with Gasteiger partial charge in [0.25, 0.3) is 0 Å². The van der Waals surface area contributed by atoms with Crippen molar-refractivity contribution in [2.75, 3.05) is 44.2 Å². The molecule has 3 amide bonds. The van der Waals surface area contributed by atoms with Crippen molar-refractivity contribution in [3.63, 3.8) is 0 Å². The van der Waals surface area contributed by atoms with Gasteiger partial charge in [0.15, 0.2) is 0 Å². The Morgan fingerprint density at radius 1 is 1.00 bits per heavy atom. The molecule has 3 saturated heterocycles. The van der Waals surface area contributed by atoms with Crippen molar-refractivity contribution >= 4 is 28.7 Å². The van der Waals surface area contributed by atoms with Gasteiger partial charge in [-0.05, 0) is 80.0 Å². The Hall–Kier alpha value is -3.65. The predicted octanol–water partition coefficient (Wildman–Crippen LogP) is 5.74. The molecule has 0 bridgehead atoms. The number of likely N-dealkylation sites (tertiary alicyclic amines) is 2. The molecule has 0 unspecified atom stereocenters. The van der Waals surface area contributed by atoms with Crippen molar-refractivity contribution in [1.29, 1.82) is 0 Å². The molecular formula is C33H41N5O3. The highest BCUT2D eigenvalue weighted by Gasteiger charge is 2.43. The van der Waals surface area contributed by atoms with Crippen LogP contribution in [0.1, 0.15) is 49.7 Å². The Bertz CT molecular complexity index is 1360. The molecule has 3 aliphatic rings. The molecule has 1 N–H and O–H groups in total. The molecule has 3 aromatic rings. The molecule has 41 heavy (non-hydrogen) atoms. The standard InChI is InChI=1S/C33H41N5O3/c1-25-8-5-11-27-13-18-35-30(29(25)27)38(28-12-6-17-34-22-28)31(39)37-19-7-14-33(24-37)15-20-36(21-16-33)32(40)41-23-26-9-3-2-4-10-26/h2-5,8-11,13,18,28,34H,6-7,12,14-17,19-24H2,1H3/t28-/m1/s1. The van der Waals surface area contributed by atoms with E-state index in [1.54, 1.807) is 0 Å². The van der Waals surface area contributed by atoms with E-state index in [9.17, 15) is 9.59 Å². The molecule has 216 valence electrons. The number of fused-ring (bicyclic) bond motifs is 1. The van der Waals surface area contributed by atoms with Gasteiger partial charge >= 0.3 is 12.1 Å². The number of piperidine rings is 3. The second-order valence-corrected chi connectivity index (χ2v) is 12.0. The molecule has 4 heterocycles. The number of urea groups is 1. The van der Waals surface area contributed by atoms with Crippen LogP contribution >= 0.6 is 0 Å². The summed E-state index contributed by atoms with van der Waals surface area (Å²) in [5.74, 6) is 0.773. The van der Waals surface area contributed by atoms with Gasteiger partial charge in [-0.15, -0.1) is 0 Å². The lowest BCUT2D eigenvalue weighted by Gasteiger charge is -2.48. The van der Waals surface area contributed by atoms with Crippen molar-refractivity contribution in [2.45, 2.75) is 58.1 Å². The average molecular weight is 556 g/mol. The predicted molar refractivity (Wildman–Crippen MR) is 161 cm³/mol. The van der Waals surface area contributed by atoms with Crippen LogP contribution in [-0.4, -0.2) is 72.2 Å². The molecule has 0 radical (unpaired) electrons. The molecule has 6 rings (SSSR count). The van der Waals surface area contributed by atoms with Crippen LogP contribution in [0.25, 0.3) is 10.8 Å². The maximum atomic E-state index is 14.5. The van der Waals surface area contributed by atoms with Crippen LogP contribution < -0.4 is 10.2 Å². The van der Waals surface area contributed by atoms with E-state index in [0.29, 0.717) is 13.1 Å². The number of pyridine rings is 1. The first kappa shape index (κ1) is 27.5. The van der Waals surface area contributed by atoms with E-state index in [1.165, 1.54) is 0 Å². The summed E-state index contributed by atoms with van der Waals surface area (Å²) < 4.78 is 5.60. The minimum atomic E-state index is -0.249. The number of carbonyl (C=O) groups is 2. The maximum Gasteiger partial charge on any atom is 0.410 e. The van der Waals surface area contributed by atoms with Gasteiger partial charge in [-0.25, -0.2) is 14.6 Å². The van der Waals surface area contributed by atoms with Gasteiger partial charge in [-0.2, -0.15) is 0 Å². The quantitative estimate of drug-likeness (QED) is 0.445. The van der Waals surface area contributed by atoms with E-state index in [-0.39, 0.29) is 30.2 Å². The molecule has 8 heteroatoms. The van der Waals surface area contributed by atoms with Crippen molar-refractivity contribution in [2.24, 2.45) is 5.41 Å². The zero-order chi connectivity index (χ0) is 28.2. The number of hydrogen-bond acceptors (Lipinski definition) is 5. The summed E-state index contributed by atoms with van der Waals surface area (Å²) in [5, 5.41) is 5.68. The van der Waals surface area contributed by atoms with Crippen molar-refractivity contribution in [3.05, 3.63) is 71.9 Å². The summed E-state index contributed by atoms with van der Waals surface area (Å²) in [6.45, 7) is 6.95. The highest BCUT2D eigenvalue weighted by molar-refractivity contribution is 6.03. The van der Waals surface area contributed by atoms with E-state index in [0.717, 1.165) is 92.4 Å². The van der Waals surface area contributed by atoms with Crippen LogP contribution in [0.2, 0.25) is 0 Å². The molecule has 2 aromatic carbocycles. The van der Waals surface area contributed by atoms with E-state index < -0.39 is 0 Å². The third-order valence-corrected chi connectivity index (χ3v) is 9.27. The number of anilines is 1. The van der Waals surface area contributed by atoms with E-state index >= 15 is 0 Å². The fraction of sp³-hybridized carbons (Fsp3) is 0.485. The van der Waals surface area contributed by atoms with E-state index in [1.807, 2.05) is 52.4 Å². The fourth-order valence-corrected chi connectivity index (χ4v) is 6.95. The third-order valence-electron chi connectivity index (χ3n) is 9.27. The van der Waals surface area contributed by atoms with Gasteiger partial charge < -0.3 is 19.9 Å². The van der Waals surface area contributed by atoms with Gasteiger partial charge in [0.1, 0.15) is 12.4 Å². The zero-order valence-corrected chi connectivity index (χ0v) is 24.1. The lowest BCUT2D eigenvalue weighted by Crippen LogP contribution is -2.58. The molecule has 3 aliphatic heterocycles. The Morgan fingerprint density at radius 3 is 2.61 bits per heavy atom. The molecular weight excluding hydrogens is 514 g/mol. The smallest absolute Gasteiger partial charge is 0.410 e. The number of benzene rings is 2. The summed E-state index contributed by atoms with van der Waals surface area (Å²) in [7, 11) is 0. The maximum absolute atomic E-state index is 14.5. The van der Waals surface area contributed by atoms with Crippen LogP contribution in [0.5, 0.6) is 0 Å². The largest absolute Gasteiger partial charge is 0.445 e. The minimum Gasteiger partial charge on any atom is -0.445 e. The molecule has 3 fully saturated rings. The van der Waals surface area contributed by atoms with Gasteiger partial charge in [0.05, 0.1) is 6.04 Å². The second kappa shape index (κ2) is 12.1. The number of aromatic nitrogens is 1. The summed E-state index contributed by atoms with van der Waals surface area (Å²) in [6.07, 6.45) is 7.41. The summed E-state index contributed by atoms with van der Waals surface area (Å²) >= 11 is 0. The number of hydrogen-bond donors (Lipinski definition) is 1. The highest BCUT2D eigenvalue weighted by atomic mass is 16.6. The lowest BCUT2D eigenvalue weighted by atomic mass is 9.72. The van der Waals surface area contributed by atoms with E-state index in [4.69, 9.17) is 9.72 Å². The Morgan fingerprint density at radius 2 is 1.83 bits per heavy atom. The van der Waals surface area contributed by atoms with Crippen molar-refractivity contribution < 1.29 is 14.3 Å². The lowest BCUT2D eigenvalue weighted by molar-refractivity contribution is 0.0285. The number of nitrogens with zero attached hydrogens (tertiary/aromatic N) is 4. The van der Waals surface area contributed by atoms with Crippen LogP contribution in [0, 0.1) is 12.3 Å². The number of aryl methyl sites for hydroxylation is 1. The van der Waals surface area contributed by atoms with Gasteiger partial charge in [0.2, 0.25) is 0 Å². The number of carbonyl (C=O) groups excluding carboxylic acids is 2. The SMILES string of the molecule is Cc1cccc2ccnc(N(C(=O)N3CCCC4(CCN(C(=O)OCc5ccccc5)CC4)C3)[C@@H]3CCCNC3)c12. The number of ether oxygens (including phenoxy) is 1. The summed E-state index contributed by atoms with van der Waals surface area (Å²) in [5.41, 5.74) is 2.15. The minimum absolute atomic E-state index is 0.0305. The van der Waals surface area contributed by atoms with Crippen LogP contribution in [0.3, 0.4) is 0 Å². The van der Waals surface area contributed by atoms with Crippen LogP contribution in [-0.2, 0) is 11.3 Å². The van der Waals surface area contributed by atoms with Gasteiger partial charge in [-0.3, -0.25) is 4.90 Å². The van der Waals surface area contributed by atoms with Gasteiger partial charge in [-0.1, -0.05) is 48.5 Å². The molecule has 0 saturated carbocycles. The number of rotatable bonds is 4. The van der Waals surface area contributed by atoms with Crippen molar-refractivity contribution in [1.82, 2.24) is 20.1 Å². The highest BCUT2D eigenvalue weighted by Crippen LogP contribution is 2.41. The first-order valence-corrected chi connectivity index (χ1v) is 15.1. The molecule has 1 aromatic heterocycles. The topological polar surface area (TPSA) is 78.0 Å². The first-order valence-electron chi connectivity index (χ1n) is 15.1. The third kappa shape index (κ3) is 5.89. The summed E-state index contributed by atoms with van der Waals surface area (Å²) in [6, 6.07) is 18.2. The monoisotopic (exact) mass is 555 g/mol. The fourth-order valence-electron chi connectivity index (χ4n) is 6.95. The Labute approximate surface area is 242 Å². The molecule has 1 spiro atoms. The zero-order valence-electron chi connectivity index (χ0n) is 24.1. The number of nitrogens with one attached hydrogen (secondary N) is 1. The Kier molecular flexibility index (Phi) is 8.10. The average Bonchev–Trinajstić information content (AvgIpc) is 3.01. The normalized spacial score (nSPS) is 20.7. The molecule has 1 atom stereocenters. The van der Waals surface area contributed by atoms with Crippen LogP contribution in [0.15, 0.2) is 60.8 Å². The second-order valence-electron chi connectivity index (χ2n) is 12.0. The summed E-state index contributed by atoms with van der Waals surface area (Å²) in [4.78, 5) is 38.0. The van der Waals surface area contributed by atoms with E-state index in [2.05, 4.69) is 35.3 Å². The Balaban J connectivity index is 1.17. The van der Waals surface area contributed by atoms with Crippen molar-refractivity contribution in [3.8, 4) is 0 Å².